The molecule has 84 valence electrons. The van der Waals surface area contributed by atoms with Crippen molar-refractivity contribution in [2.45, 2.75) is 19.9 Å². The zero-order chi connectivity index (χ0) is 11.7. The molecule has 1 atom stereocenters. The summed E-state index contributed by atoms with van der Waals surface area (Å²) < 4.78 is 1.15. The number of aromatic nitrogens is 1. The third kappa shape index (κ3) is 2.34. The second kappa shape index (κ2) is 4.65. The predicted octanol–water partition coefficient (Wildman–Crippen LogP) is 3.57. The molecule has 2 rings (SSSR count). The highest BCUT2D eigenvalue weighted by Gasteiger charge is 2.13. The molecular formula is C12H13BrN2S. The molecule has 4 heteroatoms. The van der Waals surface area contributed by atoms with Crippen LogP contribution >= 0.6 is 27.3 Å². The molecule has 0 aliphatic rings. The van der Waals surface area contributed by atoms with Crippen LogP contribution < -0.4 is 5.73 Å². The smallest absolute Gasteiger partial charge is 0.0731 e. The van der Waals surface area contributed by atoms with Crippen molar-refractivity contribution in [2.24, 2.45) is 5.73 Å². The van der Waals surface area contributed by atoms with Crippen LogP contribution in [0.15, 0.2) is 28.3 Å². The van der Waals surface area contributed by atoms with Gasteiger partial charge in [-0.05, 0) is 52.5 Å². The lowest BCUT2D eigenvalue weighted by Gasteiger charge is -2.09. The van der Waals surface area contributed by atoms with Gasteiger partial charge in [-0.3, -0.25) is 4.98 Å². The molecule has 2 N–H and O–H groups in total. The van der Waals surface area contributed by atoms with Crippen LogP contribution in [0.1, 0.15) is 27.6 Å². The SMILES string of the molecule is Cc1cncc(C(N)c2cc(C)c(Br)s2)c1. The van der Waals surface area contributed by atoms with E-state index >= 15 is 0 Å². The summed E-state index contributed by atoms with van der Waals surface area (Å²) in [5, 5.41) is 0. The lowest BCUT2D eigenvalue weighted by Crippen LogP contribution is -2.10. The van der Waals surface area contributed by atoms with Gasteiger partial charge in [-0.1, -0.05) is 6.07 Å². The highest BCUT2D eigenvalue weighted by molar-refractivity contribution is 9.11. The number of nitrogens with two attached hydrogens (primary N) is 1. The van der Waals surface area contributed by atoms with Crippen molar-refractivity contribution in [1.82, 2.24) is 4.98 Å². The number of aryl methyl sites for hydroxylation is 2. The molecule has 0 saturated heterocycles. The molecule has 0 aliphatic heterocycles. The third-order valence-electron chi connectivity index (χ3n) is 2.44. The van der Waals surface area contributed by atoms with Gasteiger partial charge in [0.2, 0.25) is 0 Å². The molecule has 0 radical (unpaired) electrons. The molecule has 2 heterocycles. The summed E-state index contributed by atoms with van der Waals surface area (Å²) in [6, 6.07) is 4.13. The zero-order valence-electron chi connectivity index (χ0n) is 9.20. The van der Waals surface area contributed by atoms with Crippen molar-refractivity contribution in [2.75, 3.05) is 0 Å². The molecule has 0 spiro atoms. The molecule has 0 fully saturated rings. The first kappa shape index (κ1) is 11.8. The molecule has 0 aliphatic carbocycles. The van der Waals surface area contributed by atoms with E-state index in [-0.39, 0.29) is 6.04 Å². The average molecular weight is 297 g/mol. The number of nitrogens with zero attached hydrogens (tertiary/aromatic N) is 1. The molecule has 0 bridgehead atoms. The van der Waals surface area contributed by atoms with E-state index in [0.717, 1.165) is 19.8 Å². The molecule has 16 heavy (non-hydrogen) atoms. The number of rotatable bonds is 2. The van der Waals surface area contributed by atoms with Gasteiger partial charge in [-0.2, -0.15) is 0 Å². The topological polar surface area (TPSA) is 38.9 Å². The van der Waals surface area contributed by atoms with E-state index in [9.17, 15) is 0 Å². The van der Waals surface area contributed by atoms with Crippen LogP contribution in [0.2, 0.25) is 0 Å². The molecule has 2 aromatic heterocycles. The first-order valence-electron chi connectivity index (χ1n) is 5.01. The largest absolute Gasteiger partial charge is 0.320 e. The summed E-state index contributed by atoms with van der Waals surface area (Å²) in [7, 11) is 0. The molecular weight excluding hydrogens is 284 g/mol. The van der Waals surface area contributed by atoms with E-state index in [4.69, 9.17) is 5.73 Å². The standard InChI is InChI=1S/C12H13BrN2S/c1-7-3-9(6-15-5-7)11(14)10-4-8(2)12(13)16-10/h3-6,11H,14H2,1-2H3. The quantitative estimate of drug-likeness (QED) is 0.920. The van der Waals surface area contributed by atoms with Crippen molar-refractivity contribution in [3.05, 3.63) is 49.9 Å². The van der Waals surface area contributed by atoms with Crippen molar-refractivity contribution < 1.29 is 0 Å². The van der Waals surface area contributed by atoms with Crippen LogP contribution in [-0.4, -0.2) is 4.98 Å². The van der Waals surface area contributed by atoms with Crippen LogP contribution in [0.5, 0.6) is 0 Å². The summed E-state index contributed by atoms with van der Waals surface area (Å²) in [6.07, 6.45) is 3.67. The van der Waals surface area contributed by atoms with Crippen LogP contribution in [0.25, 0.3) is 0 Å². The Morgan fingerprint density at radius 3 is 2.62 bits per heavy atom. The second-order valence-corrected chi connectivity index (χ2v) is 6.28. The highest BCUT2D eigenvalue weighted by Crippen LogP contribution is 2.32. The molecule has 1 unspecified atom stereocenters. The van der Waals surface area contributed by atoms with Crippen LogP contribution in [-0.2, 0) is 0 Å². The Bertz CT molecular complexity index is 488. The number of hydrogen-bond donors (Lipinski definition) is 1. The van der Waals surface area contributed by atoms with Gasteiger partial charge in [0.25, 0.3) is 0 Å². The molecule has 2 nitrogen and oxygen atoms in total. The van der Waals surface area contributed by atoms with Gasteiger partial charge in [0.05, 0.1) is 9.83 Å². The van der Waals surface area contributed by atoms with Crippen molar-refractivity contribution >= 4 is 27.3 Å². The van der Waals surface area contributed by atoms with E-state index < -0.39 is 0 Å². The monoisotopic (exact) mass is 296 g/mol. The third-order valence-corrected chi connectivity index (χ3v) is 4.66. The first-order chi connectivity index (χ1) is 7.58. The van der Waals surface area contributed by atoms with Crippen LogP contribution in [0.4, 0.5) is 0 Å². The lowest BCUT2D eigenvalue weighted by atomic mass is 10.1. The molecule has 0 saturated carbocycles. The van der Waals surface area contributed by atoms with Crippen molar-refractivity contribution in [3.8, 4) is 0 Å². The van der Waals surface area contributed by atoms with Gasteiger partial charge >= 0.3 is 0 Å². The van der Waals surface area contributed by atoms with E-state index in [0.29, 0.717) is 0 Å². The number of pyridine rings is 1. The Morgan fingerprint density at radius 2 is 2.06 bits per heavy atom. The maximum absolute atomic E-state index is 6.22. The van der Waals surface area contributed by atoms with Gasteiger partial charge in [-0.15, -0.1) is 11.3 Å². The fraction of sp³-hybridized carbons (Fsp3) is 0.250. The molecule has 0 aromatic carbocycles. The van der Waals surface area contributed by atoms with Gasteiger partial charge in [-0.25, -0.2) is 0 Å². The zero-order valence-corrected chi connectivity index (χ0v) is 11.6. The van der Waals surface area contributed by atoms with Crippen molar-refractivity contribution in [3.63, 3.8) is 0 Å². The summed E-state index contributed by atoms with van der Waals surface area (Å²) in [5.41, 5.74) is 9.65. The van der Waals surface area contributed by atoms with Crippen LogP contribution in [0, 0.1) is 13.8 Å². The normalized spacial score (nSPS) is 12.8. The average Bonchev–Trinajstić information content (AvgIpc) is 2.58. The molecule has 0 amide bonds. The summed E-state index contributed by atoms with van der Waals surface area (Å²) in [5.74, 6) is 0. The van der Waals surface area contributed by atoms with Gasteiger partial charge in [0.15, 0.2) is 0 Å². The van der Waals surface area contributed by atoms with Gasteiger partial charge in [0.1, 0.15) is 0 Å². The fourth-order valence-corrected chi connectivity index (χ4v) is 3.15. The van der Waals surface area contributed by atoms with E-state index in [1.54, 1.807) is 11.3 Å². The number of hydrogen-bond acceptors (Lipinski definition) is 3. The Hall–Kier alpha value is -0.710. The lowest BCUT2D eigenvalue weighted by molar-refractivity contribution is 0.880. The summed E-state index contributed by atoms with van der Waals surface area (Å²) >= 11 is 5.21. The van der Waals surface area contributed by atoms with E-state index in [2.05, 4.69) is 40.0 Å². The fourth-order valence-electron chi connectivity index (χ4n) is 1.55. The summed E-state index contributed by atoms with van der Waals surface area (Å²) in [6.45, 7) is 4.10. The second-order valence-electron chi connectivity index (χ2n) is 3.88. The van der Waals surface area contributed by atoms with Gasteiger partial charge in [0, 0.05) is 17.3 Å². The maximum Gasteiger partial charge on any atom is 0.0731 e. The minimum atomic E-state index is -0.0811. The Balaban J connectivity index is 2.35. The Labute approximate surface area is 108 Å². The predicted molar refractivity (Wildman–Crippen MR) is 71.8 cm³/mol. The van der Waals surface area contributed by atoms with Crippen molar-refractivity contribution in [1.29, 1.82) is 0 Å². The van der Waals surface area contributed by atoms with Crippen LogP contribution in [0.3, 0.4) is 0 Å². The first-order valence-corrected chi connectivity index (χ1v) is 6.62. The minimum absolute atomic E-state index is 0.0811. The highest BCUT2D eigenvalue weighted by atomic mass is 79.9. The number of thiophene rings is 1. The molecule has 2 aromatic rings. The number of halogens is 1. The summed E-state index contributed by atoms with van der Waals surface area (Å²) in [4.78, 5) is 5.34. The Kier molecular flexibility index (Phi) is 3.42. The van der Waals surface area contributed by atoms with E-state index in [1.807, 2.05) is 19.3 Å². The minimum Gasteiger partial charge on any atom is -0.320 e. The van der Waals surface area contributed by atoms with Gasteiger partial charge < -0.3 is 5.73 Å². The van der Waals surface area contributed by atoms with E-state index in [1.165, 1.54) is 5.56 Å². The maximum atomic E-state index is 6.22. The Morgan fingerprint density at radius 1 is 1.31 bits per heavy atom.